The van der Waals surface area contributed by atoms with Crippen molar-refractivity contribution in [1.82, 2.24) is 4.90 Å². The number of methoxy groups -OCH3 is 2. The van der Waals surface area contributed by atoms with E-state index in [4.69, 9.17) is 25.8 Å². The van der Waals surface area contributed by atoms with E-state index in [1.807, 2.05) is 0 Å². The van der Waals surface area contributed by atoms with E-state index < -0.39 is 5.82 Å². The van der Waals surface area contributed by atoms with Gasteiger partial charge in [-0.1, -0.05) is 23.7 Å². The van der Waals surface area contributed by atoms with Crippen molar-refractivity contribution in [2.75, 3.05) is 27.4 Å². The first-order valence-electron chi connectivity index (χ1n) is 8.92. The molecule has 2 amide bonds. The highest BCUT2D eigenvalue weighted by atomic mass is 35.5. The monoisotopic (exact) mass is 451 g/mol. The van der Waals surface area contributed by atoms with Crippen molar-refractivity contribution < 1.29 is 28.2 Å². The molecule has 1 aliphatic rings. The van der Waals surface area contributed by atoms with Crippen LogP contribution in [0.3, 0.4) is 0 Å². The minimum Gasteiger partial charge on any atom is -0.493 e. The number of hydrogen-bond donors (Lipinski definition) is 0. The van der Waals surface area contributed by atoms with Crippen LogP contribution in [0.4, 0.5) is 9.18 Å². The van der Waals surface area contributed by atoms with Gasteiger partial charge in [0.05, 0.1) is 30.2 Å². The Balaban J connectivity index is 1.82. The zero-order valence-corrected chi connectivity index (χ0v) is 17.9. The van der Waals surface area contributed by atoms with E-state index >= 15 is 0 Å². The minimum absolute atomic E-state index is 0.0984. The number of benzene rings is 2. The Bertz CT molecular complexity index is 977. The second kappa shape index (κ2) is 9.97. The van der Waals surface area contributed by atoms with Gasteiger partial charge in [0.1, 0.15) is 12.4 Å². The van der Waals surface area contributed by atoms with Gasteiger partial charge < -0.3 is 14.2 Å². The summed E-state index contributed by atoms with van der Waals surface area (Å²) >= 11 is 6.91. The lowest BCUT2D eigenvalue weighted by Crippen LogP contribution is -2.31. The van der Waals surface area contributed by atoms with Crippen LogP contribution in [-0.2, 0) is 16.1 Å². The molecular weight excluding hydrogens is 433 g/mol. The van der Waals surface area contributed by atoms with E-state index in [9.17, 15) is 14.0 Å². The number of carbonyl (C=O) groups is 2. The van der Waals surface area contributed by atoms with Gasteiger partial charge in [-0.15, -0.1) is 0 Å². The fourth-order valence-corrected chi connectivity index (χ4v) is 3.83. The molecule has 1 aliphatic heterocycles. The van der Waals surface area contributed by atoms with Crippen molar-refractivity contribution in [2.24, 2.45) is 0 Å². The van der Waals surface area contributed by atoms with Crippen LogP contribution in [-0.4, -0.2) is 43.4 Å². The lowest BCUT2D eigenvalue weighted by atomic mass is 10.1. The Morgan fingerprint density at radius 1 is 1.17 bits per heavy atom. The average Bonchev–Trinajstić information content (AvgIpc) is 2.99. The van der Waals surface area contributed by atoms with Gasteiger partial charge in [0.15, 0.2) is 11.5 Å². The molecule has 9 heteroatoms. The van der Waals surface area contributed by atoms with Crippen LogP contribution in [0.15, 0.2) is 41.3 Å². The van der Waals surface area contributed by atoms with E-state index in [-0.39, 0.29) is 41.5 Å². The van der Waals surface area contributed by atoms with E-state index in [0.29, 0.717) is 22.0 Å². The zero-order chi connectivity index (χ0) is 21.7. The molecule has 0 saturated carbocycles. The summed E-state index contributed by atoms with van der Waals surface area (Å²) in [5, 5.41) is -0.0858. The molecule has 30 heavy (non-hydrogen) atoms. The number of nitrogens with zero attached hydrogens (tertiary/aromatic N) is 1. The topological polar surface area (TPSA) is 65.1 Å². The number of thioether (sulfide) groups is 1. The quantitative estimate of drug-likeness (QED) is 0.540. The predicted molar refractivity (Wildman–Crippen MR) is 113 cm³/mol. The molecule has 0 radical (unpaired) electrons. The van der Waals surface area contributed by atoms with Crippen LogP contribution in [0.5, 0.6) is 11.5 Å². The Morgan fingerprint density at radius 2 is 1.97 bits per heavy atom. The smallest absolute Gasteiger partial charge is 0.293 e. The van der Waals surface area contributed by atoms with Crippen LogP contribution in [0.1, 0.15) is 11.1 Å². The van der Waals surface area contributed by atoms with E-state index in [1.165, 1.54) is 26.4 Å². The minimum atomic E-state index is -0.470. The van der Waals surface area contributed by atoms with Crippen LogP contribution in [0, 0.1) is 5.82 Å². The van der Waals surface area contributed by atoms with Crippen LogP contribution in [0.2, 0.25) is 5.02 Å². The van der Waals surface area contributed by atoms with E-state index in [2.05, 4.69) is 0 Å². The lowest BCUT2D eigenvalue weighted by molar-refractivity contribution is -0.123. The summed E-state index contributed by atoms with van der Waals surface area (Å²) < 4.78 is 30.0. The third-order valence-electron chi connectivity index (χ3n) is 4.31. The molecule has 3 rings (SSSR count). The molecule has 0 unspecified atom stereocenters. The molecular formula is C21H19ClFNO5S. The van der Waals surface area contributed by atoms with Gasteiger partial charge in [-0.2, -0.15) is 0 Å². The van der Waals surface area contributed by atoms with Crippen LogP contribution in [0.25, 0.3) is 6.08 Å². The summed E-state index contributed by atoms with van der Waals surface area (Å²) in [5.74, 6) is -0.0576. The molecule has 158 valence electrons. The summed E-state index contributed by atoms with van der Waals surface area (Å²) in [6.07, 6.45) is 1.60. The second-order valence-corrected chi connectivity index (χ2v) is 7.63. The summed E-state index contributed by atoms with van der Waals surface area (Å²) in [6, 6.07) is 9.44. The van der Waals surface area contributed by atoms with Gasteiger partial charge in [0.2, 0.25) is 0 Å². The molecule has 0 N–H and O–H groups in total. The number of halogens is 2. The Morgan fingerprint density at radius 3 is 2.67 bits per heavy atom. The SMILES string of the molecule is COCCN1C(=O)S/C(=C/c2ccc(OC)c(OCc3c(F)cccc3Cl)c2)C1=O. The highest BCUT2D eigenvalue weighted by Crippen LogP contribution is 2.35. The van der Waals surface area contributed by atoms with Crippen molar-refractivity contribution in [1.29, 1.82) is 0 Å². The van der Waals surface area contributed by atoms with Crippen molar-refractivity contribution in [2.45, 2.75) is 6.61 Å². The predicted octanol–water partition coefficient (Wildman–Crippen LogP) is 4.75. The fourth-order valence-electron chi connectivity index (χ4n) is 2.74. The fraction of sp³-hybridized carbons (Fsp3) is 0.238. The Hall–Kier alpha value is -2.55. The van der Waals surface area contributed by atoms with Gasteiger partial charge in [0.25, 0.3) is 11.1 Å². The maximum atomic E-state index is 14.0. The summed E-state index contributed by atoms with van der Waals surface area (Å²) in [7, 11) is 2.99. The van der Waals surface area contributed by atoms with Crippen molar-refractivity contribution >= 4 is 40.6 Å². The van der Waals surface area contributed by atoms with Gasteiger partial charge in [0, 0.05) is 12.7 Å². The normalized spacial score (nSPS) is 15.2. The first-order valence-corrected chi connectivity index (χ1v) is 10.1. The van der Waals surface area contributed by atoms with Gasteiger partial charge in [-0.25, -0.2) is 4.39 Å². The summed E-state index contributed by atoms with van der Waals surface area (Å²) in [6.45, 7) is 0.363. The number of amides is 2. The highest BCUT2D eigenvalue weighted by molar-refractivity contribution is 8.18. The third-order valence-corrected chi connectivity index (χ3v) is 5.57. The molecule has 0 atom stereocenters. The number of imide groups is 1. The molecule has 6 nitrogen and oxygen atoms in total. The van der Waals surface area contributed by atoms with Crippen molar-refractivity contribution in [3.05, 3.63) is 63.3 Å². The van der Waals surface area contributed by atoms with Crippen molar-refractivity contribution in [3.8, 4) is 11.5 Å². The molecule has 0 aromatic heterocycles. The molecule has 2 aromatic carbocycles. The zero-order valence-electron chi connectivity index (χ0n) is 16.3. The Kier molecular flexibility index (Phi) is 7.36. The molecule has 0 spiro atoms. The summed E-state index contributed by atoms with van der Waals surface area (Å²) in [5.41, 5.74) is 0.855. The average molecular weight is 452 g/mol. The third kappa shape index (κ3) is 4.95. The molecule has 1 heterocycles. The van der Waals surface area contributed by atoms with Crippen LogP contribution < -0.4 is 9.47 Å². The second-order valence-electron chi connectivity index (χ2n) is 6.23. The first kappa shape index (κ1) is 22.1. The summed E-state index contributed by atoms with van der Waals surface area (Å²) in [4.78, 5) is 26.0. The van der Waals surface area contributed by atoms with E-state index in [1.54, 1.807) is 30.3 Å². The number of rotatable bonds is 8. The van der Waals surface area contributed by atoms with Gasteiger partial charge >= 0.3 is 0 Å². The number of ether oxygens (including phenoxy) is 3. The lowest BCUT2D eigenvalue weighted by Gasteiger charge is -2.13. The molecule has 0 bridgehead atoms. The highest BCUT2D eigenvalue weighted by Gasteiger charge is 2.34. The van der Waals surface area contributed by atoms with Crippen LogP contribution >= 0.6 is 23.4 Å². The van der Waals surface area contributed by atoms with E-state index in [0.717, 1.165) is 16.7 Å². The number of hydrogen-bond acceptors (Lipinski definition) is 6. The van der Waals surface area contributed by atoms with Gasteiger partial charge in [-0.05, 0) is 47.7 Å². The standard InChI is InChI=1S/C21H19ClFNO5S/c1-27-9-8-24-20(25)19(30-21(24)26)11-13-6-7-17(28-2)18(10-13)29-12-14-15(22)4-3-5-16(14)23/h3-7,10-11H,8-9,12H2,1-2H3/b19-11+. The van der Waals surface area contributed by atoms with Crippen molar-refractivity contribution in [3.63, 3.8) is 0 Å². The molecule has 2 aromatic rings. The Labute approximate surface area is 182 Å². The molecule has 0 aliphatic carbocycles. The van der Waals surface area contributed by atoms with Gasteiger partial charge in [-0.3, -0.25) is 14.5 Å². The molecule has 1 saturated heterocycles. The maximum absolute atomic E-state index is 14.0. The first-order chi connectivity index (χ1) is 14.4. The maximum Gasteiger partial charge on any atom is 0.293 e. The molecule has 1 fully saturated rings. The largest absolute Gasteiger partial charge is 0.493 e. The number of carbonyl (C=O) groups excluding carboxylic acids is 2.